The van der Waals surface area contributed by atoms with Crippen LogP contribution in [0.3, 0.4) is 0 Å². The van der Waals surface area contributed by atoms with Gasteiger partial charge >= 0.3 is 0 Å². The average Bonchev–Trinajstić information content (AvgIpc) is 2.66. The molecule has 1 aromatic rings. The van der Waals surface area contributed by atoms with Crippen molar-refractivity contribution < 1.29 is 9.53 Å². The van der Waals surface area contributed by atoms with E-state index in [-0.39, 0.29) is 29.9 Å². The Morgan fingerprint density at radius 2 is 1.93 bits per heavy atom. The Balaban J connectivity index is 0.00000784. The van der Waals surface area contributed by atoms with Crippen LogP contribution in [0.1, 0.15) is 36.2 Å². The Labute approximate surface area is 193 Å². The van der Waals surface area contributed by atoms with E-state index < -0.39 is 0 Å². The summed E-state index contributed by atoms with van der Waals surface area (Å²) in [6, 6.07) is 7.64. The smallest absolute Gasteiger partial charge is 0.251 e. The number of rotatable bonds is 12. The van der Waals surface area contributed by atoms with E-state index in [0.717, 1.165) is 44.2 Å². The van der Waals surface area contributed by atoms with Crippen LogP contribution in [-0.4, -0.2) is 70.8 Å². The Kier molecular flexibility index (Phi) is 15.6. The Morgan fingerprint density at radius 1 is 1.17 bits per heavy atom. The van der Waals surface area contributed by atoms with Gasteiger partial charge in [0.2, 0.25) is 0 Å². The monoisotopic (exact) mass is 519 g/mol. The fraction of sp³-hybridized carbons (Fsp3) is 0.619. The Hall–Kier alpha value is -1.39. The van der Waals surface area contributed by atoms with Gasteiger partial charge in [-0.1, -0.05) is 26.0 Å². The number of hydrogen-bond acceptors (Lipinski definition) is 4. The molecule has 0 aliphatic rings. The van der Waals surface area contributed by atoms with Gasteiger partial charge in [0, 0.05) is 52.0 Å². The van der Waals surface area contributed by atoms with Crippen molar-refractivity contribution in [3.8, 4) is 0 Å². The molecule has 0 radical (unpaired) electrons. The number of aliphatic imine (C=N–C) groups is 1. The highest BCUT2D eigenvalue weighted by Crippen LogP contribution is 2.05. The molecule has 0 unspecified atom stereocenters. The van der Waals surface area contributed by atoms with Gasteiger partial charge in [0.1, 0.15) is 0 Å². The number of halogens is 1. The summed E-state index contributed by atoms with van der Waals surface area (Å²) in [5, 5.41) is 9.49. The Bertz CT molecular complexity index is 608. The number of ether oxygens (including phenoxy) is 1. The highest BCUT2D eigenvalue weighted by Gasteiger charge is 2.06. The van der Waals surface area contributed by atoms with Gasteiger partial charge in [-0.2, -0.15) is 0 Å². The molecule has 166 valence electrons. The van der Waals surface area contributed by atoms with Crippen molar-refractivity contribution in [1.29, 1.82) is 0 Å². The topological polar surface area (TPSA) is 78.0 Å². The van der Waals surface area contributed by atoms with Crippen LogP contribution in [0, 0.1) is 5.92 Å². The molecular weight excluding hydrogens is 481 g/mol. The fourth-order valence-electron chi connectivity index (χ4n) is 2.42. The van der Waals surface area contributed by atoms with Crippen molar-refractivity contribution in [1.82, 2.24) is 20.9 Å². The molecule has 0 heterocycles. The van der Waals surface area contributed by atoms with Crippen LogP contribution in [-0.2, 0) is 11.3 Å². The number of nitrogens with zero attached hydrogens (tertiary/aromatic N) is 2. The van der Waals surface area contributed by atoms with E-state index in [1.54, 1.807) is 7.05 Å². The molecule has 0 aliphatic heterocycles. The first-order valence-electron chi connectivity index (χ1n) is 9.96. The minimum atomic E-state index is -0.0485. The summed E-state index contributed by atoms with van der Waals surface area (Å²) in [4.78, 5) is 18.5. The number of nitrogens with one attached hydrogen (secondary N) is 3. The minimum absolute atomic E-state index is 0. The number of carbonyl (C=O) groups excluding carboxylic acids is 1. The third-order valence-corrected chi connectivity index (χ3v) is 3.93. The molecular formula is C21H38IN5O2. The lowest BCUT2D eigenvalue weighted by atomic mass is 10.1. The highest BCUT2D eigenvalue weighted by atomic mass is 127. The van der Waals surface area contributed by atoms with Crippen LogP contribution >= 0.6 is 24.0 Å². The molecule has 0 saturated heterocycles. The number of benzene rings is 1. The molecule has 0 bridgehead atoms. The zero-order chi connectivity index (χ0) is 20.8. The number of hydrogen-bond donors (Lipinski definition) is 3. The van der Waals surface area contributed by atoms with E-state index in [1.807, 2.05) is 43.3 Å². The quantitative estimate of drug-likeness (QED) is 0.171. The van der Waals surface area contributed by atoms with Gasteiger partial charge in [-0.15, -0.1) is 24.0 Å². The van der Waals surface area contributed by atoms with Crippen LogP contribution in [0.15, 0.2) is 29.3 Å². The first kappa shape index (κ1) is 27.6. The van der Waals surface area contributed by atoms with E-state index in [4.69, 9.17) is 4.74 Å². The summed E-state index contributed by atoms with van der Waals surface area (Å²) in [5.74, 6) is 1.26. The van der Waals surface area contributed by atoms with E-state index in [2.05, 4.69) is 34.8 Å². The van der Waals surface area contributed by atoms with E-state index in [9.17, 15) is 4.79 Å². The second-order valence-corrected chi connectivity index (χ2v) is 7.43. The SMILES string of the molecule is CN=C(NCCCOCC(C)C)NCc1cccc(C(=O)NCCN(C)C)c1.I. The van der Waals surface area contributed by atoms with Gasteiger partial charge in [0.05, 0.1) is 0 Å². The standard InChI is InChI=1S/C21H37N5O2.HI/c1-17(2)16-28-13-7-10-24-21(22-3)25-15-18-8-6-9-19(14-18)20(27)23-11-12-26(4)5;/h6,8-9,14,17H,7,10-13,15-16H2,1-5H3,(H,23,27)(H2,22,24,25);1H. The van der Waals surface area contributed by atoms with Crippen molar-refractivity contribution in [3.05, 3.63) is 35.4 Å². The third kappa shape index (κ3) is 13.5. The van der Waals surface area contributed by atoms with E-state index in [0.29, 0.717) is 24.6 Å². The second-order valence-electron chi connectivity index (χ2n) is 7.43. The fourth-order valence-corrected chi connectivity index (χ4v) is 2.42. The van der Waals surface area contributed by atoms with Crippen LogP contribution in [0.25, 0.3) is 0 Å². The molecule has 3 N–H and O–H groups in total. The van der Waals surface area contributed by atoms with Crippen LogP contribution in [0.2, 0.25) is 0 Å². The maximum atomic E-state index is 12.2. The van der Waals surface area contributed by atoms with Crippen molar-refractivity contribution >= 4 is 35.8 Å². The molecule has 7 nitrogen and oxygen atoms in total. The van der Waals surface area contributed by atoms with Gasteiger partial charge in [-0.25, -0.2) is 0 Å². The zero-order valence-electron chi connectivity index (χ0n) is 18.5. The Morgan fingerprint density at radius 3 is 2.59 bits per heavy atom. The normalized spacial score (nSPS) is 11.3. The summed E-state index contributed by atoms with van der Waals surface area (Å²) in [6.45, 7) is 8.68. The van der Waals surface area contributed by atoms with Gasteiger partial charge in [-0.05, 0) is 44.1 Å². The number of amides is 1. The summed E-state index contributed by atoms with van der Waals surface area (Å²) >= 11 is 0. The maximum absolute atomic E-state index is 12.2. The van der Waals surface area contributed by atoms with Crippen LogP contribution in [0.4, 0.5) is 0 Å². The molecule has 0 saturated carbocycles. The first-order chi connectivity index (χ1) is 13.4. The predicted octanol–water partition coefficient (Wildman–Crippen LogP) is 2.32. The molecule has 0 spiro atoms. The summed E-state index contributed by atoms with van der Waals surface area (Å²) in [7, 11) is 5.72. The molecule has 0 atom stereocenters. The van der Waals surface area contributed by atoms with E-state index >= 15 is 0 Å². The lowest BCUT2D eigenvalue weighted by molar-refractivity contribution is 0.0951. The minimum Gasteiger partial charge on any atom is -0.381 e. The average molecular weight is 519 g/mol. The maximum Gasteiger partial charge on any atom is 0.251 e. The van der Waals surface area contributed by atoms with Crippen molar-refractivity contribution in [2.45, 2.75) is 26.8 Å². The lowest BCUT2D eigenvalue weighted by Gasteiger charge is -2.13. The van der Waals surface area contributed by atoms with Gasteiger partial charge in [0.25, 0.3) is 5.91 Å². The molecule has 8 heteroatoms. The van der Waals surface area contributed by atoms with Gasteiger partial charge < -0.3 is 25.6 Å². The van der Waals surface area contributed by atoms with Gasteiger partial charge in [0.15, 0.2) is 5.96 Å². The lowest BCUT2D eigenvalue weighted by Crippen LogP contribution is -2.37. The van der Waals surface area contributed by atoms with Gasteiger partial charge in [-0.3, -0.25) is 9.79 Å². The van der Waals surface area contributed by atoms with Crippen molar-refractivity contribution in [2.24, 2.45) is 10.9 Å². The van der Waals surface area contributed by atoms with Crippen LogP contribution < -0.4 is 16.0 Å². The molecule has 29 heavy (non-hydrogen) atoms. The molecule has 1 aromatic carbocycles. The molecule has 0 fully saturated rings. The number of guanidine groups is 1. The molecule has 1 amide bonds. The van der Waals surface area contributed by atoms with Crippen molar-refractivity contribution in [2.75, 3.05) is 54.0 Å². The first-order valence-corrected chi connectivity index (χ1v) is 9.96. The largest absolute Gasteiger partial charge is 0.381 e. The van der Waals surface area contributed by atoms with Crippen LogP contribution in [0.5, 0.6) is 0 Å². The summed E-state index contributed by atoms with van der Waals surface area (Å²) in [5.41, 5.74) is 1.70. The number of likely N-dealkylation sites (N-methyl/N-ethyl adjacent to an activating group) is 1. The van der Waals surface area contributed by atoms with E-state index in [1.165, 1.54) is 0 Å². The molecule has 0 aromatic heterocycles. The molecule has 1 rings (SSSR count). The molecule has 0 aliphatic carbocycles. The summed E-state index contributed by atoms with van der Waals surface area (Å²) < 4.78 is 5.58. The highest BCUT2D eigenvalue weighted by molar-refractivity contribution is 14.0. The second kappa shape index (κ2) is 16.4. The predicted molar refractivity (Wildman–Crippen MR) is 131 cm³/mol. The number of carbonyl (C=O) groups is 1. The zero-order valence-corrected chi connectivity index (χ0v) is 20.8. The van der Waals surface area contributed by atoms with Crippen molar-refractivity contribution in [3.63, 3.8) is 0 Å². The third-order valence-electron chi connectivity index (χ3n) is 3.93. The summed E-state index contributed by atoms with van der Waals surface area (Å²) in [6.07, 6.45) is 0.927.